The molecule has 0 bridgehead atoms. The summed E-state index contributed by atoms with van der Waals surface area (Å²) in [5.41, 5.74) is 10.2. The lowest BCUT2D eigenvalue weighted by atomic mass is 10.2. The zero-order valence-electron chi connectivity index (χ0n) is 6.51. The van der Waals surface area contributed by atoms with Crippen LogP contribution in [0.1, 0.15) is 11.7 Å². The highest BCUT2D eigenvalue weighted by molar-refractivity contribution is 5.82. The fourth-order valence-corrected chi connectivity index (χ4v) is 0.739. The summed E-state index contributed by atoms with van der Waals surface area (Å²) in [6.07, 6.45) is 1.24. The number of aliphatic carboxylic acids is 1. The smallest absolute Gasteiger partial charge is 0.334 e. The van der Waals surface area contributed by atoms with Gasteiger partial charge in [0.15, 0.2) is 12.0 Å². The standard InChI is InChI=1S/C5H8N6O2/c6-5(7)9-3(4(12)13)2-1-8-11-10-2/h1,3H,(H,12,13)(H4,6,7,9)(H,8,10,11). The molecule has 0 spiro atoms. The minimum Gasteiger partial charge on any atom is -0.479 e. The Balaban J connectivity index is 2.94. The maximum Gasteiger partial charge on any atom is 0.334 e. The number of hydrogen-bond donors (Lipinski definition) is 4. The van der Waals surface area contributed by atoms with Crippen LogP contribution in [0.2, 0.25) is 0 Å². The number of H-pyrrole nitrogens is 1. The maximum atomic E-state index is 10.6. The van der Waals surface area contributed by atoms with Crippen LogP contribution in [0.3, 0.4) is 0 Å². The number of aromatic amines is 1. The van der Waals surface area contributed by atoms with E-state index in [-0.39, 0.29) is 11.7 Å². The summed E-state index contributed by atoms with van der Waals surface area (Å²) in [5, 5.41) is 18.0. The summed E-state index contributed by atoms with van der Waals surface area (Å²) in [4.78, 5) is 14.1. The number of hydrogen-bond acceptors (Lipinski definition) is 4. The van der Waals surface area contributed by atoms with E-state index < -0.39 is 12.0 Å². The molecule has 1 aromatic heterocycles. The first-order valence-electron chi connectivity index (χ1n) is 3.28. The number of carboxylic acid groups (broad SMARTS) is 1. The molecule has 13 heavy (non-hydrogen) atoms. The molecule has 0 amide bonds. The van der Waals surface area contributed by atoms with Gasteiger partial charge in [-0.3, -0.25) is 0 Å². The molecular weight excluding hydrogens is 176 g/mol. The van der Waals surface area contributed by atoms with Crippen molar-refractivity contribution in [1.82, 2.24) is 15.4 Å². The predicted molar refractivity (Wildman–Crippen MR) is 42.6 cm³/mol. The van der Waals surface area contributed by atoms with Crippen LogP contribution in [0.25, 0.3) is 0 Å². The van der Waals surface area contributed by atoms with Crippen molar-refractivity contribution in [1.29, 1.82) is 0 Å². The van der Waals surface area contributed by atoms with Crippen molar-refractivity contribution in [3.8, 4) is 0 Å². The van der Waals surface area contributed by atoms with Crippen LogP contribution >= 0.6 is 0 Å². The van der Waals surface area contributed by atoms with E-state index in [9.17, 15) is 4.79 Å². The maximum absolute atomic E-state index is 10.6. The first-order valence-corrected chi connectivity index (χ1v) is 3.28. The van der Waals surface area contributed by atoms with Crippen molar-refractivity contribution in [2.24, 2.45) is 16.5 Å². The highest BCUT2D eigenvalue weighted by Crippen LogP contribution is 2.12. The molecule has 0 aliphatic carbocycles. The highest BCUT2D eigenvalue weighted by Gasteiger charge is 2.21. The zero-order valence-corrected chi connectivity index (χ0v) is 6.51. The van der Waals surface area contributed by atoms with Gasteiger partial charge in [-0.05, 0) is 0 Å². The third-order valence-electron chi connectivity index (χ3n) is 1.23. The van der Waals surface area contributed by atoms with Crippen molar-refractivity contribution in [2.45, 2.75) is 6.04 Å². The molecule has 1 rings (SSSR count). The second-order valence-corrected chi connectivity index (χ2v) is 2.19. The molecule has 0 aromatic carbocycles. The molecule has 1 heterocycles. The van der Waals surface area contributed by atoms with Crippen LogP contribution in [0.15, 0.2) is 11.2 Å². The number of rotatable bonds is 3. The number of aliphatic imine (C=N–C) groups is 1. The van der Waals surface area contributed by atoms with Gasteiger partial charge in [-0.1, -0.05) is 0 Å². The molecule has 0 fully saturated rings. The van der Waals surface area contributed by atoms with Gasteiger partial charge in [-0.2, -0.15) is 15.4 Å². The predicted octanol–water partition coefficient (Wildman–Crippen LogP) is -1.80. The molecule has 0 aliphatic heterocycles. The quantitative estimate of drug-likeness (QED) is 0.322. The van der Waals surface area contributed by atoms with Crippen LogP contribution in [0.5, 0.6) is 0 Å². The van der Waals surface area contributed by atoms with Gasteiger partial charge in [-0.15, -0.1) is 0 Å². The van der Waals surface area contributed by atoms with E-state index in [1.54, 1.807) is 0 Å². The number of nitrogens with zero attached hydrogens (tertiary/aromatic N) is 3. The van der Waals surface area contributed by atoms with Crippen molar-refractivity contribution >= 4 is 11.9 Å². The first-order chi connectivity index (χ1) is 6.11. The Morgan fingerprint density at radius 2 is 2.38 bits per heavy atom. The minimum atomic E-state index is -1.20. The summed E-state index contributed by atoms with van der Waals surface area (Å²) in [6, 6.07) is -1.20. The Labute approximate surface area is 72.6 Å². The van der Waals surface area contributed by atoms with E-state index in [2.05, 4.69) is 20.4 Å². The molecule has 0 saturated carbocycles. The van der Waals surface area contributed by atoms with Crippen molar-refractivity contribution in [2.75, 3.05) is 0 Å². The summed E-state index contributed by atoms with van der Waals surface area (Å²) in [5.74, 6) is -1.50. The number of carbonyl (C=O) groups is 1. The number of nitrogens with two attached hydrogens (primary N) is 2. The highest BCUT2D eigenvalue weighted by atomic mass is 16.4. The minimum absolute atomic E-state index is 0.154. The number of carboxylic acids is 1. The first kappa shape index (κ1) is 8.97. The molecule has 6 N–H and O–H groups in total. The largest absolute Gasteiger partial charge is 0.479 e. The Hall–Kier alpha value is -2.12. The molecule has 0 saturated heterocycles. The van der Waals surface area contributed by atoms with Crippen molar-refractivity contribution in [3.05, 3.63) is 11.9 Å². The van der Waals surface area contributed by atoms with Gasteiger partial charge in [0.2, 0.25) is 0 Å². The van der Waals surface area contributed by atoms with Gasteiger partial charge in [0.25, 0.3) is 0 Å². The normalized spacial score (nSPS) is 12.0. The monoisotopic (exact) mass is 184 g/mol. The van der Waals surface area contributed by atoms with Gasteiger partial charge < -0.3 is 16.6 Å². The fraction of sp³-hybridized carbons (Fsp3) is 0.200. The summed E-state index contributed by atoms with van der Waals surface area (Å²) in [6.45, 7) is 0. The number of nitrogens with one attached hydrogen (secondary N) is 1. The molecule has 1 aromatic rings. The lowest BCUT2D eigenvalue weighted by Crippen LogP contribution is -2.25. The fourth-order valence-electron chi connectivity index (χ4n) is 0.739. The summed E-state index contributed by atoms with van der Waals surface area (Å²) < 4.78 is 0. The molecular formula is C5H8N6O2. The van der Waals surface area contributed by atoms with Gasteiger partial charge in [-0.25, -0.2) is 9.79 Å². The van der Waals surface area contributed by atoms with Crippen LogP contribution in [0, 0.1) is 0 Å². The second kappa shape index (κ2) is 3.52. The average molecular weight is 184 g/mol. The molecule has 70 valence electrons. The van der Waals surface area contributed by atoms with Crippen LogP contribution < -0.4 is 11.5 Å². The lowest BCUT2D eigenvalue weighted by molar-refractivity contribution is -0.138. The molecule has 8 nitrogen and oxygen atoms in total. The van der Waals surface area contributed by atoms with E-state index in [0.29, 0.717) is 0 Å². The van der Waals surface area contributed by atoms with E-state index in [1.807, 2.05) is 0 Å². The van der Waals surface area contributed by atoms with E-state index in [4.69, 9.17) is 16.6 Å². The van der Waals surface area contributed by atoms with Gasteiger partial charge in [0.1, 0.15) is 5.69 Å². The van der Waals surface area contributed by atoms with Crippen LogP contribution in [-0.4, -0.2) is 32.4 Å². The SMILES string of the molecule is NC(N)=NC(C(=O)O)c1cn[nH]n1. The molecule has 0 radical (unpaired) electrons. The van der Waals surface area contributed by atoms with Gasteiger partial charge in [0.05, 0.1) is 6.20 Å². The van der Waals surface area contributed by atoms with Crippen LogP contribution in [0.4, 0.5) is 0 Å². The second-order valence-electron chi connectivity index (χ2n) is 2.19. The van der Waals surface area contributed by atoms with E-state index in [0.717, 1.165) is 0 Å². The van der Waals surface area contributed by atoms with Crippen molar-refractivity contribution < 1.29 is 9.90 Å². The zero-order chi connectivity index (χ0) is 9.84. The van der Waals surface area contributed by atoms with E-state index >= 15 is 0 Å². The Bertz CT molecular complexity index is 314. The number of aromatic nitrogens is 3. The Morgan fingerprint density at radius 1 is 1.69 bits per heavy atom. The summed E-state index contributed by atoms with van der Waals surface area (Å²) >= 11 is 0. The molecule has 0 aliphatic rings. The Morgan fingerprint density at radius 3 is 2.77 bits per heavy atom. The average Bonchev–Trinajstić information content (AvgIpc) is 2.50. The third-order valence-corrected chi connectivity index (χ3v) is 1.23. The summed E-state index contributed by atoms with van der Waals surface area (Å²) in [7, 11) is 0. The molecule has 8 heteroatoms. The van der Waals surface area contributed by atoms with E-state index in [1.165, 1.54) is 6.20 Å². The van der Waals surface area contributed by atoms with Crippen molar-refractivity contribution in [3.63, 3.8) is 0 Å². The molecule has 1 atom stereocenters. The molecule has 1 unspecified atom stereocenters. The van der Waals surface area contributed by atoms with Gasteiger partial charge >= 0.3 is 5.97 Å². The van der Waals surface area contributed by atoms with Crippen LogP contribution in [-0.2, 0) is 4.79 Å². The topological polar surface area (TPSA) is 143 Å². The third kappa shape index (κ3) is 2.15. The number of guanidine groups is 1. The lowest BCUT2D eigenvalue weighted by Gasteiger charge is -2.02. The van der Waals surface area contributed by atoms with Gasteiger partial charge in [0, 0.05) is 0 Å². The Kier molecular flexibility index (Phi) is 2.43.